The second kappa shape index (κ2) is 5.11. The lowest BCUT2D eigenvalue weighted by Crippen LogP contribution is -2.42. The summed E-state index contributed by atoms with van der Waals surface area (Å²) >= 11 is 0. The van der Waals surface area contributed by atoms with Crippen molar-refractivity contribution in [3.8, 4) is 0 Å². The number of hydrogen-bond donors (Lipinski definition) is 3. The number of nitrogens with zero attached hydrogens (tertiary/aromatic N) is 1. The summed E-state index contributed by atoms with van der Waals surface area (Å²) in [4.78, 5) is 12.3. The van der Waals surface area contributed by atoms with Crippen molar-refractivity contribution < 1.29 is 4.79 Å². The molecule has 5 heteroatoms. The highest BCUT2D eigenvalue weighted by Crippen LogP contribution is 2.42. The van der Waals surface area contributed by atoms with Crippen LogP contribution in [-0.2, 0) is 0 Å². The Balaban J connectivity index is 1.67. The number of H-pyrrole nitrogens is 1. The summed E-state index contributed by atoms with van der Waals surface area (Å²) in [5, 5.41) is 10.2. The summed E-state index contributed by atoms with van der Waals surface area (Å²) < 4.78 is 0. The van der Waals surface area contributed by atoms with Gasteiger partial charge in [-0.2, -0.15) is 5.10 Å². The van der Waals surface area contributed by atoms with E-state index >= 15 is 0 Å². The Morgan fingerprint density at radius 3 is 2.70 bits per heavy atom. The van der Waals surface area contributed by atoms with Crippen LogP contribution in [0.5, 0.6) is 0 Å². The number of anilines is 1. The van der Waals surface area contributed by atoms with Gasteiger partial charge in [-0.15, -0.1) is 0 Å². The lowest BCUT2D eigenvalue weighted by Gasteiger charge is -2.32. The first kappa shape index (κ1) is 13.5. The quantitative estimate of drug-likeness (QED) is 0.792. The fourth-order valence-electron chi connectivity index (χ4n) is 3.34. The van der Waals surface area contributed by atoms with Crippen molar-refractivity contribution in [2.75, 3.05) is 5.73 Å². The first-order valence-electron chi connectivity index (χ1n) is 7.70. The van der Waals surface area contributed by atoms with Crippen molar-refractivity contribution in [3.05, 3.63) is 11.4 Å². The maximum atomic E-state index is 12.3. The third-order valence-electron chi connectivity index (χ3n) is 4.78. The molecular weight excluding hydrogens is 252 g/mol. The van der Waals surface area contributed by atoms with Gasteiger partial charge in [-0.3, -0.25) is 9.89 Å². The molecule has 2 aliphatic rings. The molecule has 1 aromatic heterocycles. The molecule has 110 valence electrons. The van der Waals surface area contributed by atoms with E-state index in [1.807, 2.05) is 0 Å². The summed E-state index contributed by atoms with van der Waals surface area (Å²) in [5.41, 5.74) is 7.91. The number of aromatic nitrogens is 2. The van der Waals surface area contributed by atoms with Crippen LogP contribution >= 0.6 is 0 Å². The molecule has 0 spiro atoms. The molecule has 0 saturated heterocycles. The van der Waals surface area contributed by atoms with E-state index in [0.717, 1.165) is 30.9 Å². The fraction of sp³-hybridized carbons (Fsp3) is 0.733. The molecule has 20 heavy (non-hydrogen) atoms. The van der Waals surface area contributed by atoms with E-state index in [9.17, 15) is 4.79 Å². The van der Waals surface area contributed by atoms with Gasteiger partial charge in [0.15, 0.2) is 5.69 Å². The molecule has 0 bridgehead atoms. The zero-order valence-electron chi connectivity index (χ0n) is 12.3. The zero-order chi connectivity index (χ0) is 14.3. The van der Waals surface area contributed by atoms with Crippen molar-refractivity contribution in [2.24, 2.45) is 11.8 Å². The molecule has 3 rings (SSSR count). The normalized spacial score (nSPS) is 30.2. The van der Waals surface area contributed by atoms with Crippen molar-refractivity contribution in [2.45, 2.75) is 57.9 Å². The highest BCUT2D eigenvalue weighted by atomic mass is 16.2. The van der Waals surface area contributed by atoms with Gasteiger partial charge >= 0.3 is 0 Å². The summed E-state index contributed by atoms with van der Waals surface area (Å²) in [6.07, 6.45) is 5.69. The van der Waals surface area contributed by atoms with Gasteiger partial charge in [0.05, 0.1) is 11.4 Å². The van der Waals surface area contributed by atoms with E-state index in [1.54, 1.807) is 0 Å². The van der Waals surface area contributed by atoms with Crippen molar-refractivity contribution in [3.63, 3.8) is 0 Å². The maximum Gasteiger partial charge on any atom is 0.274 e. The molecule has 3 unspecified atom stereocenters. The molecule has 0 radical (unpaired) electrons. The van der Waals surface area contributed by atoms with Gasteiger partial charge in [-0.1, -0.05) is 13.8 Å². The summed E-state index contributed by atoms with van der Waals surface area (Å²) in [7, 11) is 0. The minimum Gasteiger partial charge on any atom is -0.395 e. The Labute approximate surface area is 119 Å². The summed E-state index contributed by atoms with van der Waals surface area (Å²) in [6, 6.07) is 0.249. The van der Waals surface area contributed by atoms with E-state index in [1.165, 1.54) is 12.8 Å². The Morgan fingerprint density at radius 1 is 1.30 bits per heavy atom. The van der Waals surface area contributed by atoms with Gasteiger partial charge in [0, 0.05) is 12.0 Å². The van der Waals surface area contributed by atoms with Crippen LogP contribution in [0.1, 0.15) is 68.1 Å². The molecule has 4 N–H and O–H groups in total. The van der Waals surface area contributed by atoms with Crippen LogP contribution in [0.2, 0.25) is 0 Å². The third kappa shape index (κ3) is 2.53. The van der Waals surface area contributed by atoms with Gasteiger partial charge in [-0.25, -0.2) is 0 Å². The predicted molar refractivity (Wildman–Crippen MR) is 78.4 cm³/mol. The number of aromatic amines is 1. The van der Waals surface area contributed by atoms with Gasteiger partial charge in [0.25, 0.3) is 5.91 Å². The minimum absolute atomic E-state index is 0.128. The van der Waals surface area contributed by atoms with E-state index < -0.39 is 0 Å². The number of carbonyl (C=O) groups excluding carboxylic acids is 1. The molecule has 1 amide bonds. The number of nitrogens with one attached hydrogen (secondary N) is 2. The van der Waals surface area contributed by atoms with Gasteiger partial charge in [0.1, 0.15) is 0 Å². The standard InChI is InChI=1S/C15H24N4O/c1-8-3-6-11(9(2)7-8)17-15(20)14-12(16)13(18-19-14)10-4-5-10/h8-11H,3-7,16H2,1-2H3,(H,17,20)(H,18,19). The highest BCUT2D eigenvalue weighted by molar-refractivity contribution is 5.97. The topological polar surface area (TPSA) is 83.8 Å². The third-order valence-corrected chi connectivity index (χ3v) is 4.78. The average Bonchev–Trinajstić information content (AvgIpc) is 3.16. The summed E-state index contributed by atoms with van der Waals surface area (Å²) in [5.74, 6) is 1.64. The largest absolute Gasteiger partial charge is 0.395 e. The first-order valence-corrected chi connectivity index (χ1v) is 7.70. The predicted octanol–water partition coefficient (Wildman–Crippen LogP) is 2.42. The van der Waals surface area contributed by atoms with Gasteiger partial charge < -0.3 is 11.1 Å². The number of nitrogen functional groups attached to an aromatic ring is 1. The van der Waals surface area contributed by atoms with E-state index in [0.29, 0.717) is 23.2 Å². The van der Waals surface area contributed by atoms with Crippen LogP contribution in [0, 0.1) is 11.8 Å². The number of rotatable bonds is 3. The highest BCUT2D eigenvalue weighted by Gasteiger charge is 2.32. The van der Waals surface area contributed by atoms with E-state index in [-0.39, 0.29) is 11.9 Å². The first-order chi connectivity index (χ1) is 9.56. The molecule has 3 atom stereocenters. The van der Waals surface area contributed by atoms with Crippen molar-refractivity contribution in [1.29, 1.82) is 0 Å². The Morgan fingerprint density at radius 2 is 2.05 bits per heavy atom. The SMILES string of the molecule is CC1CCC(NC(=O)c2n[nH]c(C3CC3)c2N)C(C)C1. The average molecular weight is 276 g/mol. The van der Waals surface area contributed by atoms with E-state index in [2.05, 4.69) is 29.4 Å². The lowest BCUT2D eigenvalue weighted by atomic mass is 9.80. The van der Waals surface area contributed by atoms with Crippen LogP contribution in [0.4, 0.5) is 5.69 Å². The molecule has 2 aliphatic carbocycles. The Bertz CT molecular complexity index is 506. The molecular formula is C15H24N4O. The number of hydrogen-bond acceptors (Lipinski definition) is 3. The monoisotopic (exact) mass is 276 g/mol. The van der Waals surface area contributed by atoms with Crippen LogP contribution < -0.4 is 11.1 Å². The van der Waals surface area contributed by atoms with Crippen molar-refractivity contribution in [1.82, 2.24) is 15.5 Å². The van der Waals surface area contributed by atoms with Gasteiger partial charge in [-0.05, 0) is 43.9 Å². The molecule has 0 aliphatic heterocycles. The van der Waals surface area contributed by atoms with Crippen molar-refractivity contribution >= 4 is 11.6 Å². The Kier molecular flexibility index (Phi) is 3.44. The fourth-order valence-corrected chi connectivity index (χ4v) is 3.34. The smallest absolute Gasteiger partial charge is 0.274 e. The second-order valence-corrected chi connectivity index (χ2v) is 6.65. The van der Waals surface area contributed by atoms with Gasteiger partial charge in [0.2, 0.25) is 0 Å². The summed E-state index contributed by atoms with van der Waals surface area (Å²) in [6.45, 7) is 4.49. The maximum absolute atomic E-state index is 12.3. The molecule has 2 fully saturated rings. The van der Waals surface area contributed by atoms with Crippen LogP contribution in [0.25, 0.3) is 0 Å². The minimum atomic E-state index is -0.128. The van der Waals surface area contributed by atoms with Crippen LogP contribution in [0.15, 0.2) is 0 Å². The molecule has 1 aromatic rings. The van der Waals surface area contributed by atoms with E-state index in [4.69, 9.17) is 5.73 Å². The number of amides is 1. The molecule has 0 aromatic carbocycles. The number of carbonyl (C=O) groups is 1. The second-order valence-electron chi connectivity index (χ2n) is 6.65. The lowest BCUT2D eigenvalue weighted by molar-refractivity contribution is 0.0895. The number of nitrogens with two attached hydrogens (primary N) is 1. The molecule has 5 nitrogen and oxygen atoms in total. The van der Waals surface area contributed by atoms with Crippen LogP contribution in [0.3, 0.4) is 0 Å². The molecule has 2 saturated carbocycles. The molecule has 1 heterocycles. The van der Waals surface area contributed by atoms with Crippen LogP contribution in [-0.4, -0.2) is 22.1 Å². The Hall–Kier alpha value is -1.52. The zero-order valence-corrected chi connectivity index (χ0v) is 12.3.